The molecule has 0 unspecified atom stereocenters. The largest absolute Gasteiger partial charge is 0.399 e. The molecule has 4 amide bonds. The van der Waals surface area contributed by atoms with Gasteiger partial charge in [0.2, 0.25) is 17.7 Å². The van der Waals surface area contributed by atoms with E-state index in [1.807, 2.05) is 24.3 Å². The normalized spacial score (nSPS) is 20.5. The number of carbonyl (C=O) groups excluding carboxylic acids is 4. The molecule has 2 aliphatic rings. The minimum absolute atomic E-state index is 0.0247. The van der Waals surface area contributed by atoms with E-state index in [0.717, 1.165) is 35.5 Å². The summed E-state index contributed by atoms with van der Waals surface area (Å²) in [6, 6.07) is 9.83. The highest BCUT2D eigenvalue weighted by Crippen LogP contribution is 2.59. The Hall–Kier alpha value is -3.71. The second-order valence-corrected chi connectivity index (χ2v) is 16.1. The topological polar surface area (TPSA) is 148 Å². The minimum Gasteiger partial charge on any atom is -0.340 e. The van der Waals surface area contributed by atoms with Crippen molar-refractivity contribution in [3.05, 3.63) is 64.5 Å². The van der Waals surface area contributed by atoms with Gasteiger partial charge in [0.15, 0.2) is 0 Å². The number of thiophene rings is 1. The molecule has 11 nitrogen and oxygen atoms in total. The summed E-state index contributed by atoms with van der Waals surface area (Å²) >= 11 is 0.951. The molecule has 2 saturated heterocycles. The fourth-order valence-electron chi connectivity index (χ4n) is 6.44. The number of halogens is 2. The van der Waals surface area contributed by atoms with Crippen LogP contribution in [-0.4, -0.2) is 81.5 Å². The summed E-state index contributed by atoms with van der Waals surface area (Å²) in [4.78, 5) is 77.2. The van der Waals surface area contributed by atoms with E-state index >= 15 is 0 Å². The highest BCUT2D eigenvalue weighted by atomic mass is 32.1. The number of alkyl halides is 2. The molecule has 0 aliphatic carbocycles. The maximum absolute atomic E-state index is 14.4. The first kappa shape index (κ1) is 36.6. The SMILES string of the molecule is CCC(C)(C)c1ccc(N(C)C(=O)[C@@H]2CC[C@@H]3CCN(C(C)=O)C[C@H](NC(=O)c4cc5cc(C(F)(F)P(=O)(O)O)ccc5s4)C(=O)N32)cc1. The van der Waals surface area contributed by atoms with Crippen molar-refractivity contribution in [2.24, 2.45) is 0 Å². The molecule has 0 saturated carbocycles. The quantitative estimate of drug-likeness (QED) is 0.272. The molecule has 5 rings (SSSR count). The van der Waals surface area contributed by atoms with Crippen molar-refractivity contribution in [3.8, 4) is 0 Å². The number of amides is 4. The van der Waals surface area contributed by atoms with Crippen molar-refractivity contribution < 1.29 is 42.3 Å². The van der Waals surface area contributed by atoms with Crippen LogP contribution in [-0.2, 0) is 30.0 Å². The summed E-state index contributed by atoms with van der Waals surface area (Å²) < 4.78 is 40.5. The maximum atomic E-state index is 14.4. The summed E-state index contributed by atoms with van der Waals surface area (Å²) in [7, 11) is -4.13. The second kappa shape index (κ2) is 13.5. The van der Waals surface area contributed by atoms with Crippen molar-refractivity contribution in [2.45, 2.75) is 82.6 Å². The van der Waals surface area contributed by atoms with Gasteiger partial charge in [-0.1, -0.05) is 39.0 Å². The molecule has 0 bridgehead atoms. The van der Waals surface area contributed by atoms with Crippen LogP contribution in [0.25, 0.3) is 10.1 Å². The number of fused-ring (bicyclic) bond motifs is 2. The average Bonchev–Trinajstić information content (AvgIpc) is 3.67. The first-order valence-electron chi connectivity index (χ1n) is 16.1. The Balaban J connectivity index is 1.39. The van der Waals surface area contributed by atoms with Gasteiger partial charge < -0.3 is 29.8 Å². The lowest BCUT2D eigenvalue weighted by molar-refractivity contribution is -0.144. The Morgan fingerprint density at radius 3 is 2.31 bits per heavy atom. The van der Waals surface area contributed by atoms with Crippen LogP contribution in [0, 0.1) is 0 Å². The fraction of sp³-hybridized carbons (Fsp3) is 0.471. The molecule has 2 aromatic carbocycles. The molecule has 3 atom stereocenters. The molecular weight excluding hydrogens is 677 g/mol. The zero-order valence-electron chi connectivity index (χ0n) is 28.0. The number of nitrogens with one attached hydrogen (secondary N) is 1. The van der Waals surface area contributed by atoms with Crippen LogP contribution >= 0.6 is 18.9 Å². The fourth-order valence-corrected chi connectivity index (χ4v) is 7.86. The third-order valence-corrected chi connectivity index (χ3v) is 12.0. The van der Waals surface area contributed by atoms with Crippen LogP contribution in [0.3, 0.4) is 0 Å². The van der Waals surface area contributed by atoms with Crippen LogP contribution in [0.2, 0.25) is 0 Å². The van der Waals surface area contributed by atoms with E-state index < -0.39 is 42.7 Å². The monoisotopic (exact) mass is 718 g/mol. The van der Waals surface area contributed by atoms with Crippen molar-refractivity contribution in [2.75, 3.05) is 25.0 Å². The highest BCUT2D eigenvalue weighted by Gasteiger charge is 2.50. The van der Waals surface area contributed by atoms with Gasteiger partial charge in [-0.05, 0) is 72.4 Å². The van der Waals surface area contributed by atoms with Crippen molar-refractivity contribution in [1.29, 1.82) is 0 Å². The molecule has 3 N–H and O–H groups in total. The van der Waals surface area contributed by atoms with Crippen LogP contribution in [0.4, 0.5) is 14.5 Å². The summed E-state index contributed by atoms with van der Waals surface area (Å²) in [6.45, 7) is 7.99. The Kier molecular flexibility index (Phi) is 10.1. The summed E-state index contributed by atoms with van der Waals surface area (Å²) in [5, 5.41) is 2.88. The minimum atomic E-state index is -5.80. The Labute approximate surface area is 287 Å². The smallest absolute Gasteiger partial charge is 0.340 e. The average molecular weight is 719 g/mol. The maximum Gasteiger partial charge on any atom is 0.399 e. The van der Waals surface area contributed by atoms with Crippen LogP contribution in [0.15, 0.2) is 48.5 Å². The van der Waals surface area contributed by atoms with Gasteiger partial charge in [-0.25, -0.2) is 0 Å². The van der Waals surface area contributed by atoms with Gasteiger partial charge in [0.1, 0.15) is 12.1 Å². The zero-order chi connectivity index (χ0) is 36.1. The predicted molar refractivity (Wildman–Crippen MR) is 183 cm³/mol. The molecular formula is C34H41F2N4O7PS. The van der Waals surface area contributed by atoms with Gasteiger partial charge in [-0.2, -0.15) is 8.78 Å². The first-order valence-corrected chi connectivity index (χ1v) is 18.5. The number of likely N-dealkylation sites (N-methyl/N-ethyl adjacent to an activating group) is 1. The lowest BCUT2D eigenvalue weighted by Crippen LogP contribution is -2.61. The molecule has 3 heterocycles. The number of hydrogen-bond donors (Lipinski definition) is 3. The van der Waals surface area contributed by atoms with Gasteiger partial charge in [-0.3, -0.25) is 23.7 Å². The molecule has 0 radical (unpaired) electrons. The number of hydrogen-bond acceptors (Lipinski definition) is 6. The number of rotatable bonds is 8. The van der Waals surface area contributed by atoms with Crippen molar-refractivity contribution >= 4 is 58.3 Å². The van der Waals surface area contributed by atoms with E-state index in [-0.39, 0.29) is 40.1 Å². The highest BCUT2D eigenvalue weighted by molar-refractivity contribution is 7.52. The number of anilines is 1. The Bertz CT molecular complexity index is 1830. The molecule has 3 aromatic rings. The predicted octanol–water partition coefficient (Wildman–Crippen LogP) is 5.19. The van der Waals surface area contributed by atoms with Crippen molar-refractivity contribution in [3.63, 3.8) is 0 Å². The molecule has 49 heavy (non-hydrogen) atoms. The molecule has 1 aromatic heterocycles. The summed E-state index contributed by atoms with van der Waals surface area (Å²) in [5.41, 5.74) is -3.51. The number of carbonyl (C=O) groups is 4. The van der Waals surface area contributed by atoms with Crippen molar-refractivity contribution in [1.82, 2.24) is 15.1 Å². The van der Waals surface area contributed by atoms with E-state index in [9.17, 15) is 32.5 Å². The van der Waals surface area contributed by atoms with E-state index in [1.54, 1.807) is 16.8 Å². The standard InChI is InChI=1S/C34H41F2N4O7PS/c1-6-33(3,4)22-7-10-24(11-8-22)38(5)32(44)27-13-12-25-15-16-39(20(2)41)19-26(31(43)40(25)27)37-30(42)29-18-21-17-23(9-14-28(21)49-29)34(35,36)48(45,46)47/h7-11,14,17-18,25-27H,6,12-13,15-16,19H2,1-5H3,(H,37,42)(H2,45,46,47)/t25-,26+,27+/m1/s1. The Morgan fingerprint density at radius 2 is 1.69 bits per heavy atom. The third kappa shape index (κ3) is 7.15. The first-order chi connectivity index (χ1) is 22.9. The van der Waals surface area contributed by atoms with Crippen LogP contribution in [0.1, 0.15) is 74.2 Å². The third-order valence-electron chi connectivity index (χ3n) is 9.93. The van der Waals surface area contributed by atoms with E-state index in [0.29, 0.717) is 36.2 Å². The van der Waals surface area contributed by atoms with Crippen LogP contribution in [0.5, 0.6) is 0 Å². The lowest BCUT2D eigenvalue weighted by atomic mass is 9.82. The van der Waals surface area contributed by atoms with E-state index in [1.165, 1.54) is 24.0 Å². The van der Waals surface area contributed by atoms with E-state index in [2.05, 4.69) is 26.1 Å². The van der Waals surface area contributed by atoms with Gasteiger partial charge in [0.25, 0.3) is 5.91 Å². The molecule has 0 spiro atoms. The number of benzene rings is 2. The molecule has 264 valence electrons. The molecule has 2 aliphatic heterocycles. The number of nitrogens with zero attached hydrogens (tertiary/aromatic N) is 3. The van der Waals surface area contributed by atoms with Crippen LogP contribution < -0.4 is 10.2 Å². The summed E-state index contributed by atoms with van der Waals surface area (Å²) in [6.07, 6.45) is 2.38. The van der Waals surface area contributed by atoms with Gasteiger partial charge >= 0.3 is 13.3 Å². The van der Waals surface area contributed by atoms with Gasteiger partial charge in [-0.15, -0.1) is 11.3 Å². The Morgan fingerprint density at radius 1 is 1.04 bits per heavy atom. The molecule has 2 fully saturated rings. The molecule has 15 heteroatoms. The zero-order valence-corrected chi connectivity index (χ0v) is 29.7. The van der Waals surface area contributed by atoms with E-state index in [4.69, 9.17) is 9.79 Å². The second-order valence-electron chi connectivity index (χ2n) is 13.4. The van der Waals surface area contributed by atoms with Gasteiger partial charge in [0.05, 0.1) is 4.88 Å². The van der Waals surface area contributed by atoms with Gasteiger partial charge in [0, 0.05) is 49.1 Å². The lowest BCUT2D eigenvalue weighted by Gasteiger charge is -2.39. The summed E-state index contributed by atoms with van der Waals surface area (Å²) in [5.74, 6) is -1.74.